The number of carbonyl (C=O) groups is 2. The van der Waals surface area contributed by atoms with Gasteiger partial charge in [0.2, 0.25) is 0 Å². The lowest BCUT2D eigenvalue weighted by molar-refractivity contribution is -0.119. The fourth-order valence-corrected chi connectivity index (χ4v) is 3.93. The molecular formula is C15H9N3O2S2. The monoisotopic (exact) mass is 327 g/mol. The van der Waals surface area contributed by atoms with Crippen LogP contribution in [0.2, 0.25) is 0 Å². The fourth-order valence-electron chi connectivity index (χ4n) is 2.39. The molecular weight excluding hydrogens is 318 g/mol. The molecule has 1 N–H and O–H groups in total. The van der Waals surface area contributed by atoms with E-state index in [-0.39, 0.29) is 17.7 Å². The van der Waals surface area contributed by atoms with Crippen LogP contribution in [0.3, 0.4) is 0 Å². The summed E-state index contributed by atoms with van der Waals surface area (Å²) in [5.41, 5.74) is 0.459. The van der Waals surface area contributed by atoms with E-state index >= 15 is 0 Å². The largest absolute Gasteiger partial charge is 0.298 e. The molecule has 5 nitrogen and oxygen atoms in total. The first-order valence-corrected chi connectivity index (χ1v) is 8.29. The van der Waals surface area contributed by atoms with Gasteiger partial charge in [-0.15, -0.1) is 23.1 Å². The number of fused-ring (bicyclic) bond motifs is 2. The first-order valence-electron chi connectivity index (χ1n) is 6.53. The normalized spacial score (nSPS) is 18.6. The van der Waals surface area contributed by atoms with Crippen LogP contribution >= 0.6 is 23.1 Å². The van der Waals surface area contributed by atoms with Crippen LogP contribution in [-0.4, -0.2) is 16.8 Å². The maximum atomic E-state index is 12.2. The van der Waals surface area contributed by atoms with Crippen LogP contribution in [0.4, 0.5) is 5.13 Å². The summed E-state index contributed by atoms with van der Waals surface area (Å²) in [6, 6.07) is 5.25. The summed E-state index contributed by atoms with van der Waals surface area (Å²) in [6.45, 7) is 0. The predicted octanol–water partition coefficient (Wildman–Crippen LogP) is 1.54. The average Bonchev–Trinajstić information content (AvgIpc) is 3.18. The van der Waals surface area contributed by atoms with Gasteiger partial charge in [-0.2, -0.15) is 0 Å². The highest BCUT2D eigenvalue weighted by Gasteiger charge is 2.27. The van der Waals surface area contributed by atoms with Crippen molar-refractivity contribution in [3.8, 4) is 0 Å². The Morgan fingerprint density at radius 1 is 1.32 bits per heavy atom. The second-order valence-electron chi connectivity index (χ2n) is 4.76. The lowest BCUT2D eigenvalue weighted by Crippen LogP contribution is -2.36. The molecule has 22 heavy (non-hydrogen) atoms. The van der Waals surface area contributed by atoms with Crippen LogP contribution < -0.4 is 15.9 Å². The third kappa shape index (κ3) is 2.18. The van der Waals surface area contributed by atoms with Gasteiger partial charge in [0.25, 0.3) is 11.8 Å². The van der Waals surface area contributed by atoms with Crippen LogP contribution in [0.25, 0.3) is 4.91 Å². The van der Waals surface area contributed by atoms with Gasteiger partial charge in [-0.3, -0.25) is 14.9 Å². The zero-order valence-corrected chi connectivity index (χ0v) is 12.8. The average molecular weight is 327 g/mol. The van der Waals surface area contributed by atoms with Crippen molar-refractivity contribution < 1.29 is 9.59 Å². The number of anilines is 1. The van der Waals surface area contributed by atoms with E-state index in [1.54, 1.807) is 23.7 Å². The minimum atomic E-state index is -0.260. The molecule has 2 aliphatic rings. The number of rotatable bonds is 2. The highest BCUT2D eigenvalue weighted by molar-refractivity contribution is 8.10. The van der Waals surface area contributed by atoms with Gasteiger partial charge in [-0.1, -0.05) is 12.1 Å². The highest BCUT2D eigenvalue weighted by Crippen LogP contribution is 2.35. The summed E-state index contributed by atoms with van der Waals surface area (Å²) < 4.78 is 0. The molecule has 1 unspecified atom stereocenters. The van der Waals surface area contributed by atoms with E-state index in [0.717, 1.165) is 10.1 Å². The van der Waals surface area contributed by atoms with Gasteiger partial charge in [-0.25, -0.2) is 9.98 Å². The second-order valence-corrected chi connectivity index (χ2v) is 6.60. The number of hydrogen-bond donors (Lipinski definition) is 1. The van der Waals surface area contributed by atoms with Crippen molar-refractivity contribution in [2.24, 2.45) is 10.9 Å². The predicted molar refractivity (Wildman–Crippen MR) is 85.9 cm³/mol. The van der Waals surface area contributed by atoms with Crippen molar-refractivity contribution in [1.82, 2.24) is 4.98 Å². The molecule has 0 saturated heterocycles. The molecule has 1 atom stereocenters. The second kappa shape index (κ2) is 5.19. The quantitative estimate of drug-likeness (QED) is 0.908. The van der Waals surface area contributed by atoms with E-state index in [1.807, 2.05) is 17.6 Å². The van der Waals surface area contributed by atoms with Gasteiger partial charge in [0.1, 0.15) is 0 Å². The molecule has 108 valence electrons. The number of thiazole rings is 1. The van der Waals surface area contributed by atoms with Crippen molar-refractivity contribution in [3.05, 3.63) is 57.4 Å². The summed E-state index contributed by atoms with van der Waals surface area (Å²) in [5.74, 6) is -0.696. The van der Waals surface area contributed by atoms with Crippen LogP contribution in [0.15, 0.2) is 46.3 Å². The third-order valence-corrected chi connectivity index (χ3v) is 5.13. The van der Waals surface area contributed by atoms with Crippen molar-refractivity contribution >= 4 is 44.9 Å². The first kappa shape index (κ1) is 13.4. The molecule has 2 aromatic rings. The lowest BCUT2D eigenvalue weighted by atomic mass is 10.0. The van der Waals surface area contributed by atoms with Crippen molar-refractivity contribution in [2.75, 3.05) is 5.32 Å². The number of thioether (sulfide) groups is 1. The van der Waals surface area contributed by atoms with E-state index < -0.39 is 0 Å². The molecule has 0 radical (unpaired) electrons. The fraction of sp³-hybridized carbons (Fsp3) is 0.0667. The molecule has 0 saturated carbocycles. The Morgan fingerprint density at radius 2 is 2.23 bits per heavy atom. The summed E-state index contributed by atoms with van der Waals surface area (Å²) in [6.07, 6.45) is 3.49. The van der Waals surface area contributed by atoms with E-state index in [1.165, 1.54) is 23.1 Å². The molecule has 2 amide bonds. The molecule has 7 heteroatoms. The van der Waals surface area contributed by atoms with Crippen molar-refractivity contribution in [3.63, 3.8) is 0 Å². The van der Waals surface area contributed by atoms with Crippen LogP contribution in [0.5, 0.6) is 0 Å². The van der Waals surface area contributed by atoms with Gasteiger partial charge in [0, 0.05) is 27.3 Å². The molecule has 0 aliphatic carbocycles. The van der Waals surface area contributed by atoms with Crippen LogP contribution in [0.1, 0.15) is 10.4 Å². The topological polar surface area (TPSA) is 71.4 Å². The van der Waals surface area contributed by atoms with E-state index in [4.69, 9.17) is 0 Å². The van der Waals surface area contributed by atoms with Crippen molar-refractivity contribution in [1.29, 1.82) is 0 Å². The maximum absolute atomic E-state index is 12.2. The standard InChI is InChI=1S/C15H9N3O2S2/c19-13(18-15-16-4-6-22-15)8-1-2-9-11(7-8)17-14(20)10-3-5-21-12(9)10/h1-7,10H,(H,16,18,19). The van der Waals surface area contributed by atoms with Gasteiger partial charge < -0.3 is 0 Å². The van der Waals surface area contributed by atoms with E-state index in [2.05, 4.69) is 15.3 Å². The number of carbonyl (C=O) groups excluding carboxylic acids is 2. The number of nitrogens with zero attached hydrogens (tertiary/aromatic N) is 2. The highest BCUT2D eigenvalue weighted by atomic mass is 32.2. The van der Waals surface area contributed by atoms with E-state index in [0.29, 0.717) is 16.1 Å². The lowest BCUT2D eigenvalue weighted by Gasteiger charge is -2.11. The Hall–Kier alpha value is -2.25. The van der Waals surface area contributed by atoms with E-state index in [9.17, 15) is 9.59 Å². The third-order valence-electron chi connectivity index (χ3n) is 3.42. The summed E-state index contributed by atoms with van der Waals surface area (Å²) in [5, 5.41) is 8.44. The summed E-state index contributed by atoms with van der Waals surface area (Å²) >= 11 is 2.89. The van der Waals surface area contributed by atoms with Crippen molar-refractivity contribution in [2.45, 2.75) is 0 Å². The molecule has 1 aromatic heterocycles. The van der Waals surface area contributed by atoms with Gasteiger partial charge in [0.15, 0.2) is 5.13 Å². The SMILES string of the molecule is O=C(Nc1nccs1)c1ccc2c(c1)=NC(=O)C1C=CSC=21. The Labute approximate surface area is 133 Å². The van der Waals surface area contributed by atoms with Gasteiger partial charge >= 0.3 is 0 Å². The minimum Gasteiger partial charge on any atom is -0.298 e. The number of hydrogen-bond acceptors (Lipinski definition) is 5. The Morgan fingerprint density at radius 3 is 3.05 bits per heavy atom. The Kier molecular flexibility index (Phi) is 3.16. The smallest absolute Gasteiger partial charge is 0.258 e. The molecule has 0 bridgehead atoms. The molecule has 1 aromatic carbocycles. The zero-order valence-electron chi connectivity index (χ0n) is 11.1. The number of nitrogens with one attached hydrogen (secondary N) is 1. The Balaban J connectivity index is 1.75. The molecule has 0 fully saturated rings. The van der Waals surface area contributed by atoms with Gasteiger partial charge in [-0.05, 0) is 17.5 Å². The molecule has 0 spiro atoms. The van der Waals surface area contributed by atoms with Gasteiger partial charge in [0.05, 0.1) is 11.3 Å². The molecule has 3 heterocycles. The summed E-state index contributed by atoms with van der Waals surface area (Å²) in [7, 11) is 0. The van der Waals surface area contributed by atoms with Crippen LogP contribution in [-0.2, 0) is 4.79 Å². The summed E-state index contributed by atoms with van der Waals surface area (Å²) in [4.78, 5) is 33.3. The molecule has 2 aliphatic heterocycles. The number of benzene rings is 1. The number of aromatic nitrogens is 1. The first-order chi connectivity index (χ1) is 10.7. The van der Waals surface area contributed by atoms with Crippen LogP contribution in [0, 0.1) is 5.92 Å². The maximum Gasteiger partial charge on any atom is 0.258 e. The molecule has 4 rings (SSSR count). The number of amides is 2. The Bertz CT molecular complexity index is 932. The zero-order chi connectivity index (χ0) is 15.1. The minimum absolute atomic E-state index is 0.179.